The number of Topliss-reactive ketones (excluding diaryl/α,β-unsaturated/α-hetero) is 1. The van der Waals surface area contributed by atoms with Gasteiger partial charge < -0.3 is 19.5 Å². The summed E-state index contributed by atoms with van der Waals surface area (Å²) in [6, 6.07) is 14.2. The molecule has 7 nitrogen and oxygen atoms in total. The number of carbonyl (C=O) groups excluding carboxylic acids is 2. The zero-order valence-electron chi connectivity index (χ0n) is 21.6. The minimum absolute atomic E-state index is 0.0262. The van der Waals surface area contributed by atoms with Crippen molar-refractivity contribution in [2.75, 3.05) is 46.5 Å². The van der Waals surface area contributed by atoms with Gasteiger partial charge in [-0.3, -0.25) is 14.5 Å². The maximum atomic E-state index is 13.3. The van der Waals surface area contributed by atoms with E-state index >= 15 is 0 Å². The van der Waals surface area contributed by atoms with Gasteiger partial charge in [-0.2, -0.15) is 0 Å². The molecule has 2 aromatic rings. The van der Waals surface area contributed by atoms with Crippen molar-refractivity contribution in [2.24, 2.45) is 0 Å². The van der Waals surface area contributed by atoms with Crippen molar-refractivity contribution >= 4 is 17.4 Å². The SMILES string of the molecule is COc1ccc(/C(O)=C2/C(=O)C(=O)N(CCCN3CCOCC3)C2c2ccc(C(C)(C)C)cc2)cc1. The first-order valence-electron chi connectivity index (χ1n) is 12.5. The van der Waals surface area contributed by atoms with Crippen LogP contribution in [0.3, 0.4) is 0 Å². The van der Waals surface area contributed by atoms with Crippen LogP contribution in [-0.2, 0) is 19.7 Å². The highest BCUT2D eigenvalue weighted by atomic mass is 16.5. The van der Waals surface area contributed by atoms with E-state index in [1.165, 1.54) is 0 Å². The fraction of sp³-hybridized carbons (Fsp3) is 0.448. The second kappa shape index (κ2) is 10.8. The largest absolute Gasteiger partial charge is 0.507 e. The Morgan fingerprint density at radius 1 is 1.00 bits per heavy atom. The van der Waals surface area contributed by atoms with E-state index in [-0.39, 0.29) is 16.7 Å². The molecule has 2 aliphatic heterocycles. The van der Waals surface area contributed by atoms with Crippen molar-refractivity contribution in [3.05, 3.63) is 70.8 Å². The van der Waals surface area contributed by atoms with Gasteiger partial charge in [0.05, 0.1) is 31.9 Å². The molecule has 36 heavy (non-hydrogen) atoms. The number of hydrogen-bond acceptors (Lipinski definition) is 6. The average molecular weight is 493 g/mol. The van der Waals surface area contributed by atoms with Crippen LogP contribution in [0.25, 0.3) is 5.76 Å². The van der Waals surface area contributed by atoms with E-state index in [1.807, 2.05) is 24.3 Å². The summed E-state index contributed by atoms with van der Waals surface area (Å²) >= 11 is 0. The van der Waals surface area contributed by atoms with Crippen molar-refractivity contribution in [3.8, 4) is 5.75 Å². The van der Waals surface area contributed by atoms with E-state index in [9.17, 15) is 14.7 Å². The fourth-order valence-electron chi connectivity index (χ4n) is 4.82. The Morgan fingerprint density at radius 2 is 1.64 bits per heavy atom. The minimum Gasteiger partial charge on any atom is -0.507 e. The zero-order chi connectivity index (χ0) is 25.9. The summed E-state index contributed by atoms with van der Waals surface area (Å²) in [5.41, 5.74) is 2.54. The fourth-order valence-corrected chi connectivity index (χ4v) is 4.82. The number of carbonyl (C=O) groups is 2. The molecular weight excluding hydrogens is 456 g/mol. The highest BCUT2D eigenvalue weighted by Gasteiger charge is 2.45. The molecule has 2 heterocycles. The Balaban J connectivity index is 1.68. The Morgan fingerprint density at radius 3 is 2.22 bits per heavy atom. The lowest BCUT2D eigenvalue weighted by Crippen LogP contribution is -2.39. The number of nitrogens with zero attached hydrogens (tertiary/aromatic N) is 2. The summed E-state index contributed by atoms with van der Waals surface area (Å²) < 4.78 is 10.6. The number of morpholine rings is 1. The normalized spacial score (nSPS) is 20.7. The molecule has 0 aromatic heterocycles. The molecule has 1 N–H and O–H groups in total. The summed E-state index contributed by atoms with van der Waals surface area (Å²) in [6.07, 6.45) is 0.728. The van der Waals surface area contributed by atoms with E-state index in [1.54, 1.807) is 36.3 Å². The average Bonchev–Trinajstić information content (AvgIpc) is 3.13. The molecule has 0 saturated carbocycles. The summed E-state index contributed by atoms with van der Waals surface area (Å²) in [5, 5.41) is 11.3. The Hall–Kier alpha value is -3.16. The number of amides is 1. The van der Waals surface area contributed by atoms with E-state index < -0.39 is 17.7 Å². The van der Waals surface area contributed by atoms with Gasteiger partial charge >= 0.3 is 0 Å². The van der Waals surface area contributed by atoms with E-state index in [0.29, 0.717) is 31.1 Å². The van der Waals surface area contributed by atoms with Crippen molar-refractivity contribution in [1.29, 1.82) is 0 Å². The smallest absolute Gasteiger partial charge is 0.295 e. The third-order valence-corrected chi connectivity index (χ3v) is 6.97. The van der Waals surface area contributed by atoms with E-state index in [2.05, 4.69) is 25.7 Å². The monoisotopic (exact) mass is 492 g/mol. The molecule has 1 unspecified atom stereocenters. The summed E-state index contributed by atoms with van der Waals surface area (Å²) in [4.78, 5) is 30.4. The van der Waals surface area contributed by atoms with Gasteiger partial charge in [-0.25, -0.2) is 0 Å². The van der Waals surface area contributed by atoms with Gasteiger partial charge in [0.25, 0.3) is 11.7 Å². The van der Waals surface area contributed by atoms with Crippen LogP contribution < -0.4 is 4.74 Å². The first-order valence-corrected chi connectivity index (χ1v) is 12.5. The first-order chi connectivity index (χ1) is 17.2. The molecule has 192 valence electrons. The van der Waals surface area contributed by atoms with Gasteiger partial charge in [-0.1, -0.05) is 45.0 Å². The van der Waals surface area contributed by atoms with Crippen LogP contribution in [0, 0.1) is 0 Å². The number of methoxy groups -OCH3 is 1. The molecule has 0 spiro atoms. The van der Waals surface area contributed by atoms with E-state index in [0.717, 1.165) is 37.2 Å². The maximum Gasteiger partial charge on any atom is 0.295 e. The topological polar surface area (TPSA) is 79.3 Å². The molecule has 2 fully saturated rings. The van der Waals surface area contributed by atoms with Gasteiger partial charge in [0, 0.05) is 31.7 Å². The third-order valence-electron chi connectivity index (χ3n) is 6.97. The van der Waals surface area contributed by atoms with Crippen molar-refractivity contribution in [3.63, 3.8) is 0 Å². The zero-order valence-corrected chi connectivity index (χ0v) is 21.6. The number of likely N-dealkylation sites (tertiary alicyclic amines) is 1. The van der Waals surface area contributed by atoms with Crippen molar-refractivity contribution in [1.82, 2.24) is 9.80 Å². The Labute approximate surface area is 213 Å². The van der Waals surface area contributed by atoms with Crippen molar-refractivity contribution in [2.45, 2.75) is 38.6 Å². The molecule has 4 rings (SSSR count). The Kier molecular flexibility index (Phi) is 7.81. The van der Waals surface area contributed by atoms with E-state index in [4.69, 9.17) is 9.47 Å². The van der Waals surface area contributed by atoms with Crippen molar-refractivity contribution < 1.29 is 24.2 Å². The Bertz CT molecular complexity index is 1110. The molecule has 0 radical (unpaired) electrons. The molecule has 0 aliphatic carbocycles. The van der Waals surface area contributed by atoms with Crippen LogP contribution >= 0.6 is 0 Å². The van der Waals surface area contributed by atoms with Gasteiger partial charge in [-0.15, -0.1) is 0 Å². The molecule has 1 amide bonds. The van der Waals surface area contributed by atoms with Crippen LogP contribution in [-0.4, -0.2) is 73.1 Å². The number of aliphatic hydroxyl groups is 1. The number of ketones is 1. The molecule has 2 aliphatic rings. The molecule has 2 saturated heterocycles. The predicted octanol–water partition coefficient (Wildman–Crippen LogP) is 4.14. The summed E-state index contributed by atoms with van der Waals surface area (Å²) in [6.45, 7) is 10.8. The van der Waals surface area contributed by atoms with Crippen LogP contribution in [0.5, 0.6) is 5.75 Å². The second-order valence-corrected chi connectivity index (χ2v) is 10.4. The highest BCUT2D eigenvalue weighted by Crippen LogP contribution is 2.40. The number of aliphatic hydroxyl groups excluding tert-OH is 1. The predicted molar refractivity (Wildman–Crippen MR) is 139 cm³/mol. The number of rotatable bonds is 7. The highest BCUT2D eigenvalue weighted by molar-refractivity contribution is 6.46. The van der Waals surface area contributed by atoms with Gasteiger partial charge in [0.1, 0.15) is 11.5 Å². The lowest BCUT2D eigenvalue weighted by atomic mass is 9.85. The first kappa shape index (κ1) is 25.9. The van der Waals surface area contributed by atoms with Gasteiger partial charge in [0.2, 0.25) is 0 Å². The third kappa shape index (κ3) is 5.47. The maximum absolute atomic E-state index is 13.3. The summed E-state index contributed by atoms with van der Waals surface area (Å²) in [7, 11) is 1.57. The lowest BCUT2D eigenvalue weighted by molar-refractivity contribution is -0.140. The van der Waals surface area contributed by atoms with Gasteiger partial charge in [0.15, 0.2) is 0 Å². The quantitative estimate of drug-likeness (QED) is 0.356. The standard InChI is InChI=1S/C29H36N2O5/c1-29(2,3)22-10-6-20(7-11-22)25-24(26(32)21-8-12-23(35-4)13-9-21)27(33)28(34)31(25)15-5-14-30-16-18-36-19-17-30/h6-13,25,32H,5,14-19H2,1-4H3/b26-24-. The number of benzene rings is 2. The molecule has 7 heteroatoms. The van der Waals surface area contributed by atoms with Crippen LogP contribution in [0.2, 0.25) is 0 Å². The second-order valence-electron chi connectivity index (χ2n) is 10.4. The molecule has 1 atom stereocenters. The lowest BCUT2D eigenvalue weighted by Gasteiger charge is -2.29. The van der Waals surface area contributed by atoms with Crippen LogP contribution in [0.4, 0.5) is 0 Å². The van der Waals surface area contributed by atoms with Crippen LogP contribution in [0.15, 0.2) is 54.1 Å². The summed E-state index contributed by atoms with van der Waals surface area (Å²) in [5.74, 6) is -0.752. The molecule has 2 aromatic carbocycles. The van der Waals surface area contributed by atoms with Gasteiger partial charge in [-0.05, 0) is 47.2 Å². The number of hydrogen-bond donors (Lipinski definition) is 1. The minimum atomic E-state index is -0.653. The number of ether oxygens (including phenoxy) is 2. The molecule has 0 bridgehead atoms. The molecular formula is C29H36N2O5. The van der Waals surface area contributed by atoms with Crippen LogP contribution in [0.1, 0.15) is 49.9 Å².